The first-order chi connectivity index (χ1) is 16.9. The lowest BCUT2D eigenvalue weighted by Gasteiger charge is -2.12. The molecule has 0 atom stereocenters. The van der Waals surface area contributed by atoms with Crippen LogP contribution in [-0.2, 0) is 22.7 Å². The molecule has 3 rings (SSSR count). The number of amides is 1. The highest BCUT2D eigenvalue weighted by molar-refractivity contribution is 6.30. The van der Waals surface area contributed by atoms with Gasteiger partial charge in [-0.2, -0.15) is 5.26 Å². The molecule has 0 unspecified atom stereocenters. The van der Waals surface area contributed by atoms with Crippen LogP contribution in [0.15, 0.2) is 72.3 Å². The Bertz CT molecular complexity index is 1260. The molecule has 178 valence electrons. The van der Waals surface area contributed by atoms with Gasteiger partial charge in [0.05, 0.1) is 19.8 Å². The molecule has 8 heteroatoms. The van der Waals surface area contributed by atoms with Crippen LogP contribution in [0.1, 0.15) is 27.0 Å². The predicted molar refractivity (Wildman–Crippen MR) is 132 cm³/mol. The zero-order chi connectivity index (χ0) is 25.2. The normalized spacial score (nSPS) is 10.7. The van der Waals surface area contributed by atoms with E-state index in [2.05, 4.69) is 5.32 Å². The Morgan fingerprint density at radius 3 is 2.29 bits per heavy atom. The van der Waals surface area contributed by atoms with Crippen LogP contribution in [0.4, 0.5) is 0 Å². The average Bonchev–Trinajstić information content (AvgIpc) is 2.90. The van der Waals surface area contributed by atoms with E-state index in [0.29, 0.717) is 27.6 Å². The molecule has 0 bridgehead atoms. The van der Waals surface area contributed by atoms with E-state index in [9.17, 15) is 14.9 Å². The summed E-state index contributed by atoms with van der Waals surface area (Å²) in [5.74, 6) is 0.0477. The van der Waals surface area contributed by atoms with Crippen LogP contribution in [-0.4, -0.2) is 26.1 Å². The van der Waals surface area contributed by atoms with Gasteiger partial charge in [0.2, 0.25) is 0 Å². The Morgan fingerprint density at radius 1 is 0.971 bits per heavy atom. The zero-order valence-corrected chi connectivity index (χ0v) is 20.0. The van der Waals surface area contributed by atoms with E-state index in [0.717, 1.165) is 11.1 Å². The topological polar surface area (TPSA) is 97.7 Å². The third-order valence-electron chi connectivity index (χ3n) is 5.00. The highest BCUT2D eigenvalue weighted by atomic mass is 35.5. The molecule has 0 aliphatic heterocycles. The Morgan fingerprint density at radius 2 is 1.66 bits per heavy atom. The van der Waals surface area contributed by atoms with E-state index in [1.54, 1.807) is 66.7 Å². The molecule has 0 aromatic heterocycles. The van der Waals surface area contributed by atoms with Crippen molar-refractivity contribution in [3.63, 3.8) is 0 Å². The van der Waals surface area contributed by atoms with Crippen LogP contribution in [0.25, 0.3) is 6.08 Å². The lowest BCUT2D eigenvalue weighted by atomic mass is 10.1. The van der Waals surface area contributed by atoms with E-state index in [4.69, 9.17) is 25.8 Å². The fourth-order valence-corrected chi connectivity index (χ4v) is 3.23. The molecule has 35 heavy (non-hydrogen) atoms. The number of ether oxygens (including phenoxy) is 3. The van der Waals surface area contributed by atoms with Gasteiger partial charge < -0.3 is 19.5 Å². The van der Waals surface area contributed by atoms with Crippen molar-refractivity contribution in [1.82, 2.24) is 5.32 Å². The summed E-state index contributed by atoms with van der Waals surface area (Å²) in [6.45, 7) is 0.523. The number of hydrogen-bond acceptors (Lipinski definition) is 6. The molecular weight excluding hydrogens is 468 g/mol. The van der Waals surface area contributed by atoms with Gasteiger partial charge in [-0.15, -0.1) is 0 Å². The quantitative estimate of drug-likeness (QED) is 0.259. The van der Waals surface area contributed by atoms with Gasteiger partial charge >= 0.3 is 5.97 Å². The van der Waals surface area contributed by atoms with Crippen molar-refractivity contribution in [3.8, 4) is 17.6 Å². The maximum atomic E-state index is 12.5. The minimum Gasteiger partial charge on any atom is -0.493 e. The number of nitrogens with one attached hydrogen (secondary N) is 1. The molecule has 0 fully saturated rings. The second kappa shape index (κ2) is 12.3. The van der Waals surface area contributed by atoms with Gasteiger partial charge in [-0.25, -0.2) is 4.79 Å². The number of esters is 1. The molecule has 0 radical (unpaired) electrons. The summed E-state index contributed by atoms with van der Waals surface area (Å²) in [6.07, 6.45) is 1.48. The Kier molecular flexibility index (Phi) is 8.88. The molecule has 3 aromatic carbocycles. The van der Waals surface area contributed by atoms with Gasteiger partial charge in [-0.05, 0) is 59.2 Å². The molecular formula is C27H23ClN2O5. The van der Waals surface area contributed by atoms with Crippen molar-refractivity contribution >= 4 is 29.6 Å². The van der Waals surface area contributed by atoms with Crippen LogP contribution in [0.5, 0.6) is 11.5 Å². The minimum atomic E-state index is -0.489. The smallest absolute Gasteiger partial charge is 0.337 e. The lowest BCUT2D eigenvalue weighted by molar-refractivity contribution is -0.117. The van der Waals surface area contributed by atoms with Crippen LogP contribution in [0.2, 0.25) is 5.02 Å². The van der Waals surface area contributed by atoms with Crippen molar-refractivity contribution in [1.29, 1.82) is 5.26 Å². The maximum Gasteiger partial charge on any atom is 0.337 e. The van der Waals surface area contributed by atoms with Gasteiger partial charge in [-0.3, -0.25) is 4.79 Å². The number of carbonyl (C=O) groups is 2. The number of methoxy groups -OCH3 is 2. The number of nitriles is 1. The molecule has 1 amide bonds. The summed E-state index contributed by atoms with van der Waals surface area (Å²) < 4.78 is 16.0. The molecule has 3 aromatic rings. The van der Waals surface area contributed by atoms with E-state index < -0.39 is 11.9 Å². The summed E-state index contributed by atoms with van der Waals surface area (Å²) >= 11 is 5.87. The largest absolute Gasteiger partial charge is 0.493 e. The van der Waals surface area contributed by atoms with Crippen molar-refractivity contribution in [2.24, 2.45) is 0 Å². The van der Waals surface area contributed by atoms with Crippen molar-refractivity contribution in [3.05, 3.63) is 99.6 Å². The third-order valence-corrected chi connectivity index (χ3v) is 5.25. The van der Waals surface area contributed by atoms with Gasteiger partial charge in [-0.1, -0.05) is 41.9 Å². The highest BCUT2D eigenvalue weighted by Gasteiger charge is 2.11. The predicted octanol–water partition coefficient (Wildman–Crippen LogP) is 4.94. The lowest BCUT2D eigenvalue weighted by Crippen LogP contribution is -2.23. The van der Waals surface area contributed by atoms with E-state index >= 15 is 0 Å². The molecule has 0 saturated heterocycles. The summed E-state index contributed by atoms with van der Waals surface area (Å²) in [6, 6.07) is 21.0. The summed E-state index contributed by atoms with van der Waals surface area (Å²) in [4.78, 5) is 24.0. The number of benzene rings is 3. The summed E-state index contributed by atoms with van der Waals surface area (Å²) in [5, 5.41) is 12.8. The SMILES string of the molecule is COC(=O)c1ccc(COc2ccc(C=C(C#N)C(=O)NCc3ccc(Cl)cc3)cc2OC)cc1. The summed E-state index contributed by atoms with van der Waals surface area (Å²) in [7, 11) is 2.84. The molecule has 0 spiro atoms. The average molecular weight is 491 g/mol. The van der Waals surface area contributed by atoms with Gasteiger partial charge in [0, 0.05) is 11.6 Å². The van der Waals surface area contributed by atoms with Crippen molar-refractivity contribution in [2.75, 3.05) is 14.2 Å². The molecule has 7 nitrogen and oxygen atoms in total. The first-order valence-electron chi connectivity index (χ1n) is 10.6. The van der Waals surface area contributed by atoms with Crippen LogP contribution >= 0.6 is 11.6 Å². The number of carbonyl (C=O) groups excluding carboxylic acids is 2. The van der Waals surface area contributed by atoms with Crippen LogP contribution < -0.4 is 14.8 Å². The van der Waals surface area contributed by atoms with Crippen LogP contribution in [0.3, 0.4) is 0 Å². The fourth-order valence-electron chi connectivity index (χ4n) is 3.10. The Labute approximate surface area is 208 Å². The second-order valence-corrected chi connectivity index (χ2v) is 7.80. The highest BCUT2D eigenvalue weighted by Crippen LogP contribution is 2.29. The number of hydrogen-bond donors (Lipinski definition) is 1. The number of rotatable bonds is 9. The second-order valence-electron chi connectivity index (χ2n) is 7.37. The van der Waals surface area contributed by atoms with Crippen molar-refractivity contribution in [2.45, 2.75) is 13.2 Å². The third kappa shape index (κ3) is 7.10. The molecule has 0 aliphatic rings. The van der Waals surface area contributed by atoms with Gasteiger partial charge in [0.25, 0.3) is 5.91 Å². The maximum absolute atomic E-state index is 12.5. The molecule has 0 heterocycles. The number of halogens is 1. The fraction of sp³-hybridized carbons (Fsp3) is 0.148. The first kappa shape index (κ1) is 25.3. The van der Waals surface area contributed by atoms with Gasteiger partial charge in [0.15, 0.2) is 11.5 Å². The molecule has 0 aliphatic carbocycles. The monoisotopic (exact) mass is 490 g/mol. The Hall–Kier alpha value is -4.28. The zero-order valence-electron chi connectivity index (χ0n) is 19.2. The Balaban J connectivity index is 1.66. The minimum absolute atomic E-state index is 0.0413. The van der Waals surface area contributed by atoms with Gasteiger partial charge in [0.1, 0.15) is 18.2 Å². The molecule has 0 saturated carbocycles. The summed E-state index contributed by atoms with van der Waals surface area (Å²) in [5.41, 5.74) is 2.74. The van der Waals surface area contributed by atoms with Crippen molar-refractivity contribution < 1.29 is 23.8 Å². The number of nitrogens with zero attached hydrogens (tertiary/aromatic N) is 1. The van der Waals surface area contributed by atoms with E-state index in [1.807, 2.05) is 6.07 Å². The van der Waals surface area contributed by atoms with Crippen LogP contribution in [0, 0.1) is 11.3 Å². The first-order valence-corrected chi connectivity index (χ1v) is 10.9. The van der Waals surface area contributed by atoms with E-state index in [-0.39, 0.29) is 18.7 Å². The standard InChI is InChI=1S/C27H23ClN2O5/c1-33-25-14-20(13-22(15-29)26(31)30-16-18-5-10-23(28)11-6-18)7-12-24(25)35-17-19-3-8-21(9-4-19)27(32)34-2/h3-14H,16-17H2,1-2H3,(H,30,31). The molecule has 1 N–H and O–H groups in total. The van der Waals surface area contributed by atoms with E-state index in [1.165, 1.54) is 20.3 Å².